The van der Waals surface area contributed by atoms with Crippen molar-refractivity contribution in [3.63, 3.8) is 0 Å². The second kappa shape index (κ2) is 6.49. The predicted molar refractivity (Wildman–Crippen MR) is 90.9 cm³/mol. The molecule has 1 fully saturated rings. The van der Waals surface area contributed by atoms with E-state index in [0.717, 1.165) is 17.1 Å². The summed E-state index contributed by atoms with van der Waals surface area (Å²) in [6.45, 7) is 3.64. The van der Waals surface area contributed by atoms with Gasteiger partial charge in [-0.1, -0.05) is 29.8 Å². The van der Waals surface area contributed by atoms with Gasteiger partial charge in [-0.2, -0.15) is 0 Å². The third-order valence-electron chi connectivity index (χ3n) is 4.14. The van der Waals surface area contributed by atoms with Gasteiger partial charge < -0.3 is 5.73 Å². The Hall–Kier alpha value is -0.870. The molecule has 0 spiro atoms. The van der Waals surface area contributed by atoms with Crippen molar-refractivity contribution in [2.75, 3.05) is 6.54 Å². The molecule has 1 heterocycles. The normalized spacial score (nSPS) is 16.4. The molecule has 1 aromatic heterocycles. The Morgan fingerprint density at radius 1 is 1.38 bits per heavy atom. The van der Waals surface area contributed by atoms with Gasteiger partial charge in [0.25, 0.3) is 0 Å². The van der Waals surface area contributed by atoms with Crippen molar-refractivity contribution in [3.05, 3.63) is 56.7 Å². The molecule has 0 saturated heterocycles. The predicted octanol–water partition coefficient (Wildman–Crippen LogP) is 4.37. The molecule has 1 unspecified atom stereocenters. The van der Waals surface area contributed by atoms with E-state index in [4.69, 9.17) is 17.3 Å². The smallest absolute Gasteiger partial charge is 0.0477 e. The Morgan fingerprint density at radius 3 is 2.76 bits per heavy atom. The van der Waals surface area contributed by atoms with Gasteiger partial charge in [-0.15, -0.1) is 11.3 Å². The van der Waals surface area contributed by atoms with E-state index in [2.05, 4.69) is 40.6 Å². The van der Waals surface area contributed by atoms with Gasteiger partial charge in [-0.05, 0) is 48.4 Å². The van der Waals surface area contributed by atoms with Crippen molar-refractivity contribution in [1.82, 2.24) is 4.90 Å². The number of rotatable bonds is 6. The first kappa shape index (κ1) is 15.0. The average molecular weight is 321 g/mol. The fraction of sp³-hybridized carbons (Fsp3) is 0.412. The van der Waals surface area contributed by atoms with Crippen molar-refractivity contribution in [3.8, 4) is 0 Å². The number of hydrogen-bond acceptors (Lipinski definition) is 3. The molecule has 1 atom stereocenters. The van der Waals surface area contributed by atoms with Crippen LogP contribution in [0.1, 0.15) is 34.9 Å². The lowest BCUT2D eigenvalue weighted by atomic mass is 10.0. The number of nitrogens with two attached hydrogens (primary N) is 1. The van der Waals surface area contributed by atoms with E-state index in [-0.39, 0.29) is 6.04 Å². The van der Waals surface area contributed by atoms with E-state index in [9.17, 15) is 0 Å². The van der Waals surface area contributed by atoms with Crippen molar-refractivity contribution in [2.24, 2.45) is 5.73 Å². The molecule has 1 aromatic carbocycles. The molecule has 1 aliphatic rings. The summed E-state index contributed by atoms with van der Waals surface area (Å²) >= 11 is 8.12. The lowest BCUT2D eigenvalue weighted by Crippen LogP contribution is -2.35. The summed E-state index contributed by atoms with van der Waals surface area (Å²) in [6, 6.07) is 11.6. The number of benzene rings is 1. The van der Waals surface area contributed by atoms with Crippen LogP contribution in [-0.2, 0) is 6.54 Å². The highest BCUT2D eigenvalue weighted by Crippen LogP contribution is 2.36. The van der Waals surface area contributed by atoms with Crippen molar-refractivity contribution in [1.29, 1.82) is 0 Å². The molecule has 4 heteroatoms. The van der Waals surface area contributed by atoms with Crippen LogP contribution in [0.5, 0.6) is 0 Å². The monoisotopic (exact) mass is 320 g/mol. The Bertz CT molecular complexity index is 593. The van der Waals surface area contributed by atoms with Gasteiger partial charge in [0.05, 0.1) is 0 Å². The SMILES string of the molecule is Cc1ccc(C(CN)N(Cc2cccs2)C2CC2)cc1Cl. The second-order valence-corrected chi connectivity index (χ2v) is 7.18. The molecule has 1 saturated carbocycles. The van der Waals surface area contributed by atoms with Gasteiger partial charge in [-0.25, -0.2) is 0 Å². The van der Waals surface area contributed by atoms with E-state index in [1.807, 2.05) is 18.3 Å². The van der Waals surface area contributed by atoms with Crippen LogP contribution in [0.2, 0.25) is 5.02 Å². The molecule has 0 amide bonds. The fourth-order valence-corrected chi connectivity index (χ4v) is 3.66. The van der Waals surface area contributed by atoms with Crippen LogP contribution in [0, 0.1) is 6.92 Å². The zero-order valence-electron chi connectivity index (χ0n) is 12.3. The molecule has 1 aliphatic carbocycles. The molecule has 0 bridgehead atoms. The summed E-state index contributed by atoms with van der Waals surface area (Å²) in [7, 11) is 0. The number of halogens is 1. The minimum atomic E-state index is 0.248. The Labute approximate surface area is 135 Å². The summed E-state index contributed by atoms with van der Waals surface area (Å²) in [5.74, 6) is 0. The van der Waals surface area contributed by atoms with Crippen LogP contribution < -0.4 is 5.73 Å². The molecular formula is C17H21ClN2S. The second-order valence-electron chi connectivity index (χ2n) is 5.74. The number of aryl methyl sites for hydroxylation is 1. The van der Waals surface area contributed by atoms with E-state index in [1.54, 1.807) is 0 Å². The third-order valence-corrected chi connectivity index (χ3v) is 5.41. The summed E-state index contributed by atoms with van der Waals surface area (Å²) in [4.78, 5) is 3.95. The fourth-order valence-electron chi connectivity index (χ4n) is 2.76. The maximum absolute atomic E-state index is 6.30. The molecule has 21 heavy (non-hydrogen) atoms. The highest BCUT2D eigenvalue weighted by Gasteiger charge is 2.34. The van der Waals surface area contributed by atoms with Crippen molar-refractivity contribution >= 4 is 22.9 Å². The lowest BCUT2D eigenvalue weighted by Gasteiger charge is -2.31. The van der Waals surface area contributed by atoms with E-state index >= 15 is 0 Å². The van der Waals surface area contributed by atoms with Gasteiger partial charge >= 0.3 is 0 Å². The van der Waals surface area contributed by atoms with E-state index in [0.29, 0.717) is 12.6 Å². The average Bonchev–Trinajstić information content (AvgIpc) is 3.20. The molecule has 0 radical (unpaired) electrons. The van der Waals surface area contributed by atoms with Gasteiger partial charge in [0, 0.05) is 35.1 Å². The van der Waals surface area contributed by atoms with Crippen LogP contribution >= 0.6 is 22.9 Å². The minimum absolute atomic E-state index is 0.248. The summed E-state index contributed by atoms with van der Waals surface area (Å²) < 4.78 is 0. The molecule has 0 aliphatic heterocycles. The van der Waals surface area contributed by atoms with Crippen molar-refractivity contribution in [2.45, 2.75) is 38.4 Å². The zero-order chi connectivity index (χ0) is 14.8. The molecule has 2 aromatic rings. The lowest BCUT2D eigenvalue weighted by molar-refractivity contribution is 0.183. The Balaban J connectivity index is 1.86. The first-order chi connectivity index (χ1) is 10.2. The van der Waals surface area contributed by atoms with Gasteiger partial charge in [0.2, 0.25) is 0 Å². The largest absolute Gasteiger partial charge is 0.329 e. The molecule has 2 nitrogen and oxygen atoms in total. The molecule has 112 valence electrons. The van der Waals surface area contributed by atoms with Gasteiger partial charge in [0.15, 0.2) is 0 Å². The van der Waals surface area contributed by atoms with E-state index in [1.165, 1.54) is 23.3 Å². The van der Waals surface area contributed by atoms with E-state index < -0.39 is 0 Å². The number of hydrogen-bond donors (Lipinski definition) is 1. The zero-order valence-corrected chi connectivity index (χ0v) is 13.8. The summed E-state index contributed by atoms with van der Waals surface area (Å²) in [5, 5.41) is 2.97. The van der Waals surface area contributed by atoms with Crippen LogP contribution in [0.3, 0.4) is 0 Å². The first-order valence-electron chi connectivity index (χ1n) is 7.43. The summed E-state index contributed by atoms with van der Waals surface area (Å²) in [5.41, 5.74) is 8.46. The maximum atomic E-state index is 6.30. The van der Waals surface area contributed by atoms with Gasteiger partial charge in [-0.3, -0.25) is 4.90 Å². The van der Waals surface area contributed by atoms with Gasteiger partial charge in [0.1, 0.15) is 0 Å². The van der Waals surface area contributed by atoms with Crippen LogP contribution in [0.15, 0.2) is 35.7 Å². The summed E-state index contributed by atoms with van der Waals surface area (Å²) in [6.07, 6.45) is 2.56. The highest BCUT2D eigenvalue weighted by molar-refractivity contribution is 7.09. The third kappa shape index (κ3) is 3.49. The van der Waals surface area contributed by atoms with Crippen molar-refractivity contribution < 1.29 is 0 Å². The number of nitrogens with zero attached hydrogens (tertiary/aromatic N) is 1. The Kier molecular flexibility index (Phi) is 4.65. The maximum Gasteiger partial charge on any atom is 0.0477 e. The standard InChI is InChI=1S/C17H21ClN2S/c1-12-4-5-13(9-16(12)18)17(10-19)20(14-6-7-14)11-15-3-2-8-21-15/h2-5,8-9,14,17H,6-7,10-11,19H2,1H3. The molecular weight excluding hydrogens is 300 g/mol. The number of thiophene rings is 1. The highest BCUT2D eigenvalue weighted by atomic mass is 35.5. The quantitative estimate of drug-likeness (QED) is 0.856. The Morgan fingerprint density at radius 2 is 2.19 bits per heavy atom. The molecule has 2 N–H and O–H groups in total. The van der Waals surface area contributed by atoms with Crippen LogP contribution in [0.4, 0.5) is 0 Å². The first-order valence-corrected chi connectivity index (χ1v) is 8.69. The minimum Gasteiger partial charge on any atom is -0.329 e. The van der Waals surface area contributed by atoms with Crippen LogP contribution in [-0.4, -0.2) is 17.5 Å². The topological polar surface area (TPSA) is 29.3 Å². The van der Waals surface area contributed by atoms with Crippen LogP contribution in [0.25, 0.3) is 0 Å². The molecule has 3 rings (SSSR count).